The highest BCUT2D eigenvalue weighted by Gasteiger charge is 2.41. The highest BCUT2D eigenvalue weighted by molar-refractivity contribution is 5.91. The van der Waals surface area contributed by atoms with Crippen molar-refractivity contribution in [2.45, 2.75) is 70.3 Å². The first-order valence-electron chi connectivity index (χ1n) is 9.48. The van der Waals surface area contributed by atoms with Crippen molar-refractivity contribution in [3.05, 3.63) is 29.3 Å². The molecular formula is C21H31NO4. The Morgan fingerprint density at radius 3 is 2.23 bits per heavy atom. The Hall–Kier alpha value is -2.04. The van der Waals surface area contributed by atoms with Gasteiger partial charge in [0.2, 0.25) is 5.91 Å². The van der Waals surface area contributed by atoms with Crippen LogP contribution in [0.4, 0.5) is 0 Å². The smallest absolute Gasteiger partial charge is 0.331 e. The summed E-state index contributed by atoms with van der Waals surface area (Å²) in [6, 6.07) is 5.70. The Labute approximate surface area is 156 Å². The summed E-state index contributed by atoms with van der Waals surface area (Å²) in [4.78, 5) is 25.5. The lowest BCUT2D eigenvalue weighted by Crippen LogP contribution is -2.56. The van der Waals surface area contributed by atoms with Gasteiger partial charge in [0.25, 0.3) is 0 Å². The van der Waals surface area contributed by atoms with Crippen LogP contribution in [0.15, 0.2) is 18.2 Å². The number of esters is 1. The number of amides is 1. The molecule has 5 heteroatoms. The normalized spacial score (nSPS) is 18.2. The lowest BCUT2D eigenvalue weighted by atomic mass is 9.83. The molecule has 1 amide bonds. The first-order valence-corrected chi connectivity index (χ1v) is 9.48. The van der Waals surface area contributed by atoms with Crippen LogP contribution in [0, 0.1) is 6.92 Å². The number of hydrogen-bond acceptors (Lipinski definition) is 4. The van der Waals surface area contributed by atoms with Gasteiger partial charge in [-0.2, -0.15) is 0 Å². The predicted octanol–water partition coefficient (Wildman–Crippen LogP) is 3.88. The van der Waals surface area contributed by atoms with Crippen molar-refractivity contribution in [2.24, 2.45) is 0 Å². The fourth-order valence-corrected chi connectivity index (χ4v) is 3.83. The molecule has 144 valence electrons. The van der Waals surface area contributed by atoms with Crippen molar-refractivity contribution >= 4 is 11.9 Å². The molecule has 1 aliphatic carbocycles. The van der Waals surface area contributed by atoms with E-state index in [0.717, 1.165) is 42.6 Å². The maximum absolute atomic E-state index is 13.0. The van der Waals surface area contributed by atoms with Gasteiger partial charge in [-0.25, -0.2) is 4.79 Å². The van der Waals surface area contributed by atoms with E-state index in [9.17, 15) is 9.59 Å². The summed E-state index contributed by atoms with van der Waals surface area (Å²) in [6.45, 7) is 3.84. The molecule has 0 bridgehead atoms. The molecule has 0 spiro atoms. The number of rotatable bonds is 5. The van der Waals surface area contributed by atoms with Crippen molar-refractivity contribution in [3.8, 4) is 5.75 Å². The number of ether oxygens (including phenoxy) is 2. The zero-order valence-corrected chi connectivity index (χ0v) is 16.4. The van der Waals surface area contributed by atoms with Crippen LogP contribution in [0.5, 0.6) is 5.75 Å². The molecule has 5 nitrogen and oxygen atoms in total. The zero-order chi connectivity index (χ0) is 19.2. The first-order chi connectivity index (χ1) is 12.4. The van der Waals surface area contributed by atoms with Gasteiger partial charge in [0, 0.05) is 0 Å². The van der Waals surface area contributed by atoms with Crippen LogP contribution in [0.25, 0.3) is 0 Å². The molecule has 1 N–H and O–H groups in total. The number of benzene rings is 1. The fraction of sp³-hybridized carbons (Fsp3) is 0.619. The maximum Gasteiger partial charge on any atom is 0.331 e. The van der Waals surface area contributed by atoms with Crippen LogP contribution in [0.3, 0.4) is 0 Å². The molecule has 1 unspecified atom stereocenters. The minimum Gasteiger partial charge on any atom is -0.497 e. The van der Waals surface area contributed by atoms with Gasteiger partial charge in [-0.3, -0.25) is 4.79 Å². The van der Waals surface area contributed by atoms with E-state index in [4.69, 9.17) is 9.47 Å². The Morgan fingerprint density at radius 2 is 1.69 bits per heavy atom. The topological polar surface area (TPSA) is 64.6 Å². The molecule has 1 saturated carbocycles. The van der Waals surface area contributed by atoms with Crippen molar-refractivity contribution in [1.82, 2.24) is 5.32 Å². The largest absolute Gasteiger partial charge is 0.497 e. The Bertz CT molecular complexity index is 633. The van der Waals surface area contributed by atoms with Crippen LogP contribution in [0.1, 0.15) is 68.9 Å². The van der Waals surface area contributed by atoms with E-state index >= 15 is 0 Å². The van der Waals surface area contributed by atoms with E-state index in [0.29, 0.717) is 12.8 Å². The van der Waals surface area contributed by atoms with Crippen LogP contribution in [0.2, 0.25) is 0 Å². The minimum atomic E-state index is -0.902. The second-order valence-electron chi connectivity index (χ2n) is 7.27. The number of carbonyl (C=O) groups excluding carboxylic acids is 2. The van der Waals surface area contributed by atoms with Gasteiger partial charge in [0.1, 0.15) is 11.3 Å². The third-order valence-electron chi connectivity index (χ3n) is 5.48. The maximum atomic E-state index is 13.0. The van der Waals surface area contributed by atoms with E-state index in [-0.39, 0.29) is 17.8 Å². The molecule has 2 rings (SSSR count). The summed E-state index contributed by atoms with van der Waals surface area (Å²) in [5.74, 6) is -0.0478. The van der Waals surface area contributed by atoms with Crippen LogP contribution < -0.4 is 10.1 Å². The van der Waals surface area contributed by atoms with Gasteiger partial charge >= 0.3 is 5.97 Å². The lowest BCUT2D eigenvalue weighted by molar-refractivity contribution is -0.152. The van der Waals surface area contributed by atoms with Crippen LogP contribution >= 0.6 is 0 Å². The predicted molar refractivity (Wildman–Crippen MR) is 101 cm³/mol. The number of aryl methyl sites for hydroxylation is 1. The molecule has 0 radical (unpaired) electrons. The summed E-state index contributed by atoms with van der Waals surface area (Å²) in [5, 5.41) is 3.06. The molecule has 0 aromatic heterocycles. The Morgan fingerprint density at radius 1 is 1.08 bits per heavy atom. The fourth-order valence-electron chi connectivity index (χ4n) is 3.83. The molecule has 0 saturated heterocycles. The molecule has 26 heavy (non-hydrogen) atoms. The molecule has 0 aliphatic heterocycles. The minimum absolute atomic E-state index is 0.135. The molecular weight excluding hydrogens is 330 g/mol. The third-order valence-corrected chi connectivity index (χ3v) is 5.48. The summed E-state index contributed by atoms with van der Waals surface area (Å²) < 4.78 is 10.3. The Kier molecular flexibility index (Phi) is 7.06. The quantitative estimate of drug-likeness (QED) is 0.809. The van der Waals surface area contributed by atoms with E-state index in [1.54, 1.807) is 7.11 Å². The monoisotopic (exact) mass is 361 g/mol. The SMILES string of the molecule is COC(=O)C1(NC(=O)C(C)c2ccc(OC)cc2C)CCCCCCC1. The Balaban J connectivity index is 2.21. The molecule has 1 atom stereocenters. The van der Waals surface area contributed by atoms with E-state index in [1.807, 2.05) is 32.0 Å². The van der Waals surface area contributed by atoms with Crippen LogP contribution in [-0.2, 0) is 14.3 Å². The summed E-state index contributed by atoms with van der Waals surface area (Å²) in [6.07, 6.45) is 6.48. The van der Waals surface area contributed by atoms with Gasteiger partial charge < -0.3 is 14.8 Å². The number of methoxy groups -OCH3 is 2. The average molecular weight is 361 g/mol. The van der Waals surface area contributed by atoms with Crippen molar-refractivity contribution in [3.63, 3.8) is 0 Å². The summed E-state index contributed by atoms with van der Waals surface area (Å²) >= 11 is 0. The van der Waals surface area contributed by atoms with E-state index < -0.39 is 5.54 Å². The third kappa shape index (κ3) is 4.57. The summed E-state index contributed by atoms with van der Waals surface area (Å²) in [7, 11) is 3.02. The number of nitrogens with one attached hydrogen (secondary N) is 1. The molecule has 1 aliphatic rings. The standard InChI is InChI=1S/C21H31NO4/c1-15-14-17(25-3)10-11-18(15)16(2)19(23)22-21(20(24)26-4)12-8-6-5-7-9-13-21/h10-11,14,16H,5-9,12-13H2,1-4H3,(H,22,23). The van der Waals surface area contributed by atoms with E-state index in [1.165, 1.54) is 13.5 Å². The summed E-state index contributed by atoms with van der Waals surface area (Å²) in [5.41, 5.74) is 1.03. The second kappa shape index (κ2) is 9.06. The second-order valence-corrected chi connectivity index (χ2v) is 7.27. The van der Waals surface area contributed by atoms with Gasteiger partial charge in [-0.15, -0.1) is 0 Å². The van der Waals surface area contributed by atoms with Crippen molar-refractivity contribution in [2.75, 3.05) is 14.2 Å². The lowest BCUT2D eigenvalue weighted by Gasteiger charge is -2.34. The van der Waals surface area contributed by atoms with Gasteiger partial charge in [-0.05, 0) is 49.9 Å². The zero-order valence-electron chi connectivity index (χ0n) is 16.4. The molecule has 1 fully saturated rings. The van der Waals surface area contributed by atoms with Crippen LogP contribution in [-0.4, -0.2) is 31.6 Å². The van der Waals surface area contributed by atoms with E-state index in [2.05, 4.69) is 5.32 Å². The number of hydrogen-bond donors (Lipinski definition) is 1. The van der Waals surface area contributed by atoms with Gasteiger partial charge in [-0.1, -0.05) is 38.2 Å². The van der Waals surface area contributed by atoms with Crippen molar-refractivity contribution in [1.29, 1.82) is 0 Å². The highest BCUT2D eigenvalue weighted by atomic mass is 16.5. The molecule has 1 aromatic rings. The molecule has 0 heterocycles. The van der Waals surface area contributed by atoms with Gasteiger partial charge in [0.05, 0.1) is 20.1 Å². The van der Waals surface area contributed by atoms with Gasteiger partial charge in [0.15, 0.2) is 0 Å². The average Bonchev–Trinajstić information content (AvgIpc) is 2.62. The first kappa shape index (κ1) is 20.3. The van der Waals surface area contributed by atoms with Crippen molar-refractivity contribution < 1.29 is 19.1 Å². The highest BCUT2D eigenvalue weighted by Crippen LogP contribution is 2.30. The molecule has 1 aromatic carbocycles. The number of carbonyl (C=O) groups is 2.